The van der Waals surface area contributed by atoms with Crippen molar-refractivity contribution in [2.24, 2.45) is 23.7 Å². The average Bonchev–Trinajstić information content (AvgIpc) is 3.13. The van der Waals surface area contributed by atoms with Gasteiger partial charge in [-0.05, 0) is 70.1 Å². The second kappa shape index (κ2) is 9.79. The number of nitrogens with one attached hydrogen (secondary N) is 2. The van der Waals surface area contributed by atoms with Crippen molar-refractivity contribution in [1.82, 2.24) is 34.6 Å². The Labute approximate surface area is 242 Å². The second-order valence-corrected chi connectivity index (χ2v) is 13.9. The van der Waals surface area contributed by atoms with Gasteiger partial charge in [-0.1, -0.05) is 44.2 Å². The van der Waals surface area contributed by atoms with E-state index in [-0.39, 0.29) is 23.1 Å². The largest absolute Gasteiger partial charge is 0.439 e. The highest BCUT2D eigenvalue weighted by molar-refractivity contribution is 7.11. The molecule has 4 aromatic heterocycles. The van der Waals surface area contributed by atoms with Crippen LogP contribution in [0.4, 0.5) is 5.82 Å². The fourth-order valence-corrected chi connectivity index (χ4v) is 8.40. The molecule has 5 unspecified atom stereocenters. The first kappa shape index (κ1) is 26.4. The van der Waals surface area contributed by atoms with Gasteiger partial charge in [-0.3, -0.25) is 9.51 Å². The molecule has 0 aromatic carbocycles. The Balaban J connectivity index is 1.42. The quantitative estimate of drug-likeness (QED) is 0.281. The van der Waals surface area contributed by atoms with E-state index in [9.17, 15) is 4.79 Å². The van der Waals surface area contributed by atoms with E-state index < -0.39 is 5.76 Å². The fraction of sp³-hybridized carbons (Fsp3) is 0.600. The third-order valence-corrected chi connectivity index (χ3v) is 10.7. The molecule has 2 N–H and O–H groups in total. The summed E-state index contributed by atoms with van der Waals surface area (Å²) in [7, 11) is 0. The number of rotatable bonds is 7. The summed E-state index contributed by atoms with van der Waals surface area (Å²) in [4.78, 5) is 35.4. The predicted octanol–water partition coefficient (Wildman–Crippen LogP) is 5.41. The van der Waals surface area contributed by atoms with E-state index in [1.165, 1.54) is 49.8 Å². The van der Waals surface area contributed by atoms with Crippen LogP contribution in [0.1, 0.15) is 86.6 Å². The summed E-state index contributed by atoms with van der Waals surface area (Å²) in [5.41, 5.74) is 1.88. The molecule has 0 aliphatic heterocycles. The van der Waals surface area contributed by atoms with Gasteiger partial charge in [0.1, 0.15) is 11.3 Å². The minimum atomic E-state index is -0.660. The lowest BCUT2D eigenvalue weighted by Gasteiger charge is -2.32. The van der Waals surface area contributed by atoms with Crippen LogP contribution in [0.5, 0.6) is 0 Å². The number of hydrogen-bond donors (Lipinski definition) is 2. The van der Waals surface area contributed by atoms with Gasteiger partial charge in [0.2, 0.25) is 11.6 Å². The summed E-state index contributed by atoms with van der Waals surface area (Å²) in [6, 6.07) is 3.13. The molecule has 4 heterocycles. The van der Waals surface area contributed by atoms with Gasteiger partial charge < -0.3 is 5.32 Å². The molecule has 0 amide bonds. The van der Waals surface area contributed by atoms with Crippen LogP contribution in [0.2, 0.25) is 0 Å². The van der Waals surface area contributed by atoms with Gasteiger partial charge in [-0.2, -0.15) is 0 Å². The molecular weight excluding hydrogens is 536 g/mol. The van der Waals surface area contributed by atoms with Crippen molar-refractivity contribution in [2.45, 2.75) is 90.5 Å². The van der Waals surface area contributed by atoms with Crippen molar-refractivity contribution in [1.29, 1.82) is 0 Å². The lowest BCUT2D eigenvalue weighted by Crippen LogP contribution is -2.31. The van der Waals surface area contributed by atoms with Crippen LogP contribution in [0.3, 0.4) is 0 Å². The Bertz CT molecular complexity index is 1720. The molecule has 7 rings (SSSR count). The molecule has 0 bridgehead atoms. The first-order valence-electron chi connectivity index (χ1n) is 14.8. The molecule has 214 valence electrons. The number of thiazole rings is 1. The third-order valence-electron chi connectivity index (χ3n) is 9.80. The topological polar surface area (TPSA) is 127 Å². The number of aromatic nitrogens is 7. The highest BCUT2D eigenvalue weighted by atomic mass is 32.1. The summed E-state index contributed by atoms with van der Waals surface area (Å²) in [6.07, 6.45) is 15.9. The highest BCUT2D eigenvalue weighted by Crippen LogP contribution is 2.65. The number of aromatic amines is 1. The molecule has 41 heavy (non-hydrogen) atoms. The molecule has 3 fully saturated rings. The number of H-pyrrole nitrogens is 1. The molecule has 4 aromatic rings. The van der Waals surface area contributed by atoms with Crippen LogP contribution in [0.25, 0.3) is 22.8 Å². The summed E-state index contributed by atoms with van der Waals surface area (Å²) in [5, 5.41) is 8.53. The Hall–Kier alpha value is -3.52. The van der Waals surface area contributed by atoms with Crippen LogP contribution in [-0.2, 0) is 5.41 Å². The molecule has 0 radical (unpaired) electrons. The van der Waals surface area contributed by atoms with Crippen molar-refractivity contribution < 1.29 is 4.52 Å². The van der Waals surface area contributed by atoms with E-state index in [0.29, 0.717) is 34.7 Å². The van der Waals surface area contributed by atoms with E-state index >= 15 is 0 Å². The van der Waals surface area contributed by atoms with Gasteiger partial charge in [0, 0.05) is 17.0 Å². The minimum Gasteiger partial charge on any atom is -0.365 e. The lowest BCUT2D eigenvalue weighted by atomic mass is 9.77. The molecule has 0 spiro atoms. The van der Waals surface area contributed by atoms with Gasteiger partial charge in [-0.25, -0.2) is 29.3 Å². The minimum absolute atomic E-state index is 0.161. The van der Waals surface area contributed by atoms with Crippen LogP contribution in [0.15, 0.2) is 9.32 Å². The summed E-state index contributed by atoms with van der Waals surface area (Å²) in [5.74, 6) is 3.44. The van der Waals surface area contributed by atoms with E-state index in [4.69, 9.17) is 30.9 Å². The van der Waals surface area contributed by atoms with E-state index in [2.05, 4.69) is 49.2 Å². The van der Waals surface area contributed by atoms with Crippen LogP contribution >= 0.6 is 11.3 Å². The zero-order valence-corrected chi connectivity index (χ0v) is 24.8. The molecule has 0 saturated heterocycles. The second-order valence-electron chi connectivity index (χ2n) is 12.5. The maximum atomic E-state index is 11.8. The van der Waals surface area contributed by atoms with Crippen LogP contribution in [-0.4, -0.2) is 40.7 Å². The van der Waals surface area contributed by atoms with Crippen molar-refractivity contribution >= 4 is 28.3 Å². The van der Waals surface area contributed by atoms with E-state index in [0.717, 1.165) is 28.9 Å². The van der Waals surface area contributed by atoms with Crippen molar-refractivity contribution in [2.75, 3.05) is 5.32 Å². The van der Waals surface area contributed by atoms with Gasteiger partial charge in [-0.15, -0.1) is 11.3 Å². The zero-order valence-electron chi connectivity index (χ0n) is 24.0. The maximum absolute atomic E-state index is 11.8. The SMILES string of the molecule is C#Cn1c(C2(c3nc(C)sc3C)CC2C2CCCC(C)C2)nc2nc(-c3noc(=O)[nH]3)nc(NC(C)C3CCC3)c21. The van der Waals surface area contributed by atoms with Gasteiger partial charge in [0.05, 0.1) is 16.1 Å². The number of nitrogens with zero attached hydrogens (tertiary/aromatic N) is 6. The molecular formula is C30H36N8O2S. The first-order chi connectivity index (χ1) is 19.8. The Morgan fingerprint density at radius 1 is 1.17 bits per heavy atom. The van der Waals surface area contributed by atoms with Crippen molar-refractivity contribution in [3.8, 4) is 24.1 Å². The van der Waals surface area contributed by atoms with E-state index in [1.807, 2.05) is 4.57 Å². The summed E-state index contributed by atoms with van der Waals surface area (Å²) in [6.45, 7) is 8.78. The predicted molar refractivity (Wildman–Crippen MR) is 158 cm³/mol. The molecule has 10 nitrogen and oxygen atoms in total. The van der Waals surface area contributed by atoms with Gasteiger partial charge in [0.15, 0.2) is 11.5 Å². The molecule has 3 aliphatic carbocycles. The van der Waals surface area contributed by atoms with Crippen molar-refractivity contribution in [3.05, 3.63) is 32.0 Å². The van der Waals surface area contributed by atoms with Gasteiger partial charge in [0.25, 0.3) is 0 Å². The smallest absolute Gasteiger partial charge is 0.365 e. The Morgan fingerprint density at radius 2 is 1.98 bits per heavy atom. The number of aryl methyl sites for hydroxylation is 2. The number of imidazole rings is 1. The van der Waals surface area contributed by atoms with Gasteiger partial charge >= 0.3 is 5.76 Å². The lowest BCUT2D eigenvalue weighted by molar-refractivity contribution is 0.246. The van der Waals surface area contributed by atoms with Crippen molar-refractivity contribution in [3.63, 3.8) is 0 Å². The fourth-order valence-electron chi connectivity index (χ4n) is 7.50. The first-order valence-corrected chi connectivity index (χ1v) is 15.6. The Morgan fingerprint density at radius 3 is 2.61 bits per heavy atom. The average molecular weight is 573 g/mol. The molecule has 3 saturated carbocycles. The van der Waals surface area contributed by atoms with Crippen LogP contribution in [0, 0.1) is 50.0 Å². The highest BCUT2D eigenvalue weighted by Gasteiger charge is 2.64. The molecule has 11 heteroatoms. The number of hydrogen-bond acceptors (Lipinski definition) is 9. The number of fused-ring (bicyclic) bond motifs is 1. The monoisotopic (exact) mass is 572 g/mol. The van der Waals surface area contributed by atoms with Crippen LogP contribution < -0.4 is 11.1 Å². The molecule has 3 aliphatic rings. The zero-order chi connectivity index (χ0) is 28.5. The summed E-state index contributed by atoms with van der Waals surface area (Å²) < 4.78 is 6.63. The number of terminal acetylenes is 1. The third kappa shape index (κ3) is 4.30. The number of anilines is 1. The Kier molecular flexibility index (Phi) is 6.30. The maximum Gasteiger partial charge on any atom is 0.439 e. The normalized spacial score (nSPS) is 27.0. The summed E-state index contributed by atoms with van der Waals surface area (Å²) >= 11 is 1.73. The molecule has 5 atom stereocenters. The standard InChI is InChI=1S/C30H36N8O2S/c1-6-38-22-24(31-16(3)19-10-8-11-19)33-26(27-36-29(39)40-37-27)34-25(22)35-28(38)30(23-17(4)41-18(5)32-23)14-21(30)20-12-7-9-15(2)13-20/h1,15-16,19-21H,7-14H2,2-5H3,(H,31,33,34)(H,36,37,39). The van der Waals surface area contributed by atoms with E-state index in [1.54, 1.807) is 11.3 Å².